The predicted molar refractivity (Wildman–Crippen MR) is 124 cm³/mol. The highest BCUT2D eigenvalue weighted by molar-refractivity contribution is 7.99. The molecular weight excluding hydrogens is 432 g/mol. The van der Waals surface area contributed by atoms with Crippen molar-refractivity contribution >= 4 is 35.0 Å². The first-order chi connectivity index (χ1) is 15.2. The Labute approximate surface area is 189 Å². The number of rotatable bonds is 7. The van der Waals surface area contributed by atoms with Gasteiger partial charge in [0.2, 0.25) is 5.91 Å². The molecule has 0 saturated heterocycles. The van der Waals surface area contributed by atoms with Gasteiger partial charge in [0.1, 0.15) is 5.75 Å². The van der Waals surface area contributed by atoms with E-state index in [9.17, 15) is 4.79 Å². The zero-order chi connectivity index (χ0) is 21.6. The molecule has 0 fully saturated rings. The third-order valence-electron chi connectivity index (χ3n) is 4.48. The summed E-state index contributed by atoms with van der Waals surface area (Å²) >= 11 is 7.43. The lowest BCUT2D eigenvalue weighted by atomic mass is 10.2. The number of para-hydroxylation sites is 2. The molecule has 0 bridgehead atoms. The van der Waals surface area contributed by atoms with Crippen molar-refractivity contribution in [3.63, 3.8) is 0 Å². The highest BCUT2D eigenvalue weighted by Crippen LogP contribution is 2.29. The van der Waals surface area contributed by atoms with Crippen LogP contribution in [0.4, 0.5) is 5.69 Å². The third kappa shape index (κ3) is 4.90. The van der Waals surface area contributed by atoms with Crippen LogP contribution in [0.15, 0.2) is 84.0 Å². The summed E-state index contributed by atoms with van der Waals surface area (Å²) in [5.41, 5.74) is 2.38. The first kappa shape index (κ1) is 21.0. The first-order valence-corrected chi connectivity index (χ1v) is 10.8. The number of halogens is 1. The standard InChI is InChI=1S/C23H19ClN4O2S/c1-30-18-13-11-16(12-14-18)22-26-27-23(28(22)17-7-3-2-4-8-17)31-15-21(29)25-20-10-6-5-9-19(20)24/h2-14H,15H2,1H3,(H,25,29). The van der Waals surface area contributed by atoms with Crippen LogP contribution in [0.3, 0.4) is 0 Å². The number of carbonyl (C=O) groups excluding carboxylic acids is 1. The molecule has 0 aliphatic rings. The van der Waals surface area contributed by atoms with Gasteiger partial charge in [0.15, 0.2) is 11.0 Å². The summed E-state index contributed by atoms with van der Waals surface area (Å²) in [6.45, 7) is 0. The van der Waals surface area contributed by atoms with E-state index < -0.39 is 0 Å². The van der Waals surface area contributed by atoms with Gasteiger partial charge in [-0.2, -0.15) is 0 Å². The van der Waals surface area contributed by atoms with Crippen molar-refractivity contribution < 1.29 is 9.53 Å². The number of anilines is 1. The minimum absolute atomic E-state index is 0.165. The molecule has 1 aromatic heterocycles. The zero-order valence-corrected chi connectivity index (χ0v) is 18.2. The van der Waals surface area contributed by atoms with Crippen molar-refractivity contribution in [1.82, 2.24) is 14.8 Å². The Bertz CT molecular complexity index is 1180. The van der Waals surface area contributed by atoms with Gasteiger partial charge in [-0.1, -0.05) is 53.7 Å². The second-order valence-corrected chi connectivity index (χ2v) is 7.87. The fraction of sp³-hybridized carbons (Fsp3) is 0.0870. The van der Waals surface area contributed by atoms with Crippen LogP contribution in [0.2, 0.25) is 5.02 Å². The molecule has 4 aromatic rings. The maximum Gasteiger partial charge on any atom is 0.234 e. The molecule has 6 nitrogen and oxygen atoms in total. The van der Waals surface area contributed by atoms with Gasteiger partial charge < -0.3 is 10.1 Å². The van der Waals surface area contributed by atoms with Crippen molar-refractivity contribution in [3.8, 4) is 22.8 Å². The number of amides is 1. The lowest BCUT2D eigenvalue weighted by Crippen LogP contribution is -2.14. The number of ether oxygens (including phenoxy) is 1. The molecule has 1 amide bonds. The molecule has 3 aromatic carbocycles. The number of nitrogens with one attached hydrogen (secondary N) is 1. The molecule has 1 N–H and O–H groups in total. The highest BCUT2D eigenvalue weighted by atomic mass is 35.5. The Morgan fingerprint density at radius 1 is 1.00 bits per heavy atom. The Hall–Kier alpha value is -3.29. The van der Waals surface area contributed by atoms with Gasteiger partial charge in [0.05, 0.1) is 23.6 Å². The van der Waals surface area contributed by atoms with E-state index in [0.717, 1.165) is 17.0 Å². The van der Waals surface area contributed by atoms with Crippen LogP contribution >= 0.6 is 23.4 Å². The molecule has 0 aliphatic carbocycles. The fourth-order valence-electron chi connectivity index (χ4n) is 2.98. The maximum atomic E-state index is 12.5. The normalized spacial score (nSPS) is 10.6. The van der Waals surface area contributed by atoms with Gasteiger partial charge in [0.25, 0.3) is 0 Å². The Balaban J connectivity index is 1.59. The summed E-state index contributed by atoms with van der Waals surface area (Å²) in [6.07, 6.45) is 0. The topological polar surface area (TPSA) is 69.0 Å². The fourth-order valence-corrected chi connectivity index (χ4v) is 3.91. The van der Waals surface area contributed by atoms with Crippen molar-refractivity contribution in [2.75, 3.05) is 18.2 Å². The molecular formula is C23H19ClN4O2S. The van der Waals surface area contributed by atoms with Gasteiger partial charge in [-0.3, -0.25) is 9.36 Å². The molecule has 0 aliphatic heterocycles. The zero-order valence-electron chi connectivity index (χ0n) is 16.7. The summed E-state index contributed by atoms with van der Waals surface area (Å²) in [6, 6.07) is 24.6. The summed E-state index contributed by atoms with van der Waals surface area (Å²) in [5, 5.41) is 12.7. The predicted octanol–water partition coefficient (Wildman–Crippen LogP) is 5.33. The summed E-state index contributed by atoms with van der Waals surface area (Å²) < 4.78 is 7.19. The van der Waals surface area contributed by atoms with Crippen molar-refractivity contribution in [2.24, 2.45) is 0 Å². The van der Waals surface area contributed by atoms with E-state index in [1.165, 1.54) is 11.8 Å². The number of carbonyl (C=O) groups is 1. The van der Waals surface area contributed by atoms with E-state index >= 15 is 0 Å². The van der Waals surface area contributed by atoms with Crippen LogP contribution in [-0.2, 0) is 4.79 Å². The number of benzene rings is 3. The molecule has 31 heavy (non-hydrogen) atoms. The first-order valence-electron chi connectivity index (χ1n) is 9.48. The van der Waals surface area contributed by atoms with Gasteiger partial charge in [-0.25, -0.2) is 0 Å². The van der Waals surface area contributed by atoms with Crippen LogP contribution in [0.5, 0.6) is 5.75 Å². The van der Waals surface area contributed by atoms with E-state index in [1.54, 1.807) is 19.2 Å². The molecule has 1 heterocycles. The van der Waals surface area contributed by atoms with E-state index in [-0.39, 0.29) is 11.7 Å². The summed E-state index contributed by atoms with van der Waals surface area (Å²) in [7, 11) is 1.63. The molecule has 0 radical (unpaired) electrons. The third-order valence-corrected chi connectivity index (χ3v) is 5.73. The lowest BCUT2D eigenvalue weighted by molar-refractivity contribution is -0.113. The Kier molecular flexibility index (Phi) is 6.54. The van der Waals surface area contributed by atoms with Crippen LogP contribution in [-0.4, -0.2) is 33.5 Å². The van der Waals surface area contributed by atoms with Crippen LogP contribution in [0.1, 0.15) is 0 Å². The molecule has 0 atom stereocenters. The minimum Gasteiger partial charge on any atom is -0.497 e. The average Bonchev–Trinajstić information content (AvgIpc) is 3.24. The maximum absolute atomic E-state index is 12.5. The summed E-state index contributed by atoms with van der Waals surface area (Å²) in [4.78, 5) is 12.5. The average molecular weight is 451 g/mol. The smallest absolute Gasteiger partial charge is 0.234 e. The largest absolute Gasteiger partial charge is 0.497 e. The Morgan fingerprint density at radius 3 is 2.42 bits per heavy atom. The van der Waals surface area contributed by atoms with Gasteiger partial charge >= 0.3 is 0 Å². The number of thioether (sulfide) groups is 1. The van der Waals surface area contributed by atoms with Crippen LogP contribution in [0, 0.1) is 0 Å². The van der Waals surface area contributed by atoms with E-state index in [2.05, 4.69) is 15.5 Å². The van der Waals surface area contributed by atoms with E-state index in [1.807, 2.05) is 71.3 Å². The number of hydrogen-bond donors (Lipinski definition) is 1. The van der Waals surface area contributed by atoms with E-state index in [0.29, 0.717) is 21.7 Å². The molecule has 0 saturated carbocycles. The minimum atomic E-state index is -0.174. The van der Waals surface area contributed by atoms with Gasteiger partial charge in [-0.15, -0.1) is 10.2 Å². The second kappa shape index (κ2) is 9.68. The number of nitrogens with zero attached hydrogens (tertiary/aromatic N) is 3. The Morgan fingerprint density at radius 2 is 1.71 bits per heavy atom. The van der Waals surface area contributed by atoms with Crippen LogP contribution < -0.4 is 10.1 Å². The van der Waals surface area contributed by atoms with Crippen LogP contribution in [0.25, 0.3) is 17.1 Å². The molecule has 0 spiro atoms. The van der Waals surface area contributed by atoms with Gasteiger partial charge in [-0.05, 0) is 48.5 Å². The number of aromatic nitrogens is 3. The molecule has 4 rings (SSSR count). The van der Waals surface area contributed by atoms with E-state index in [4.69, 9.17) is 16.3 Å². The SMILES string of the molecule is COc1ccc(-c2nnc(SCC(=O)Nc3ccccc3Cl)n2-c2ccccc2)cc1. The quantitative estimate of drug-likeness (QED) is 0.385. The second-order valence-electron chi connectivity index (χ2n) is 6.52. The number of hydrogen-bond acceptors (Lipinski definition) is 5. The van der Waals surface area contributed by atoms with Crippen molar-refractivity contribution in [1.29, 1.82) is 0 Å². The molecule has 156 valence electrons. The monoisotopic (exact) mass is 450 g/mol. The molecule has 0 unspecified atom stereocenters. The summed E-state index contributed by atoms with van der Waals surface area (Å²) in [5.74, 6) is 1.44. The lowest BCUT2D eigenvalue weighted by Gasteiger charge is -2.11. The highest BCUT2D eigenvalue weighted by Gasteiger charge is 2.17. The van der Waals surface area contributed by atoms with Crippen molar-refractivity contribution in [3.05, 3.63) is 83.9 Å². The van der Waals surface area contributed by atoms with Crippen molar-refractivity contribution in [2.45, 2.75) is 5.16 Å². The van der Waals surface area contributed by atoms with Gasteiger partial charge in [0, 0.05) is 11.3 Å². The molecule has 8 heteroatoms. The number of methoxy groups -OCH3 is 1.